The fourth-order valence-electron chi connectivity index (χ4n) is 2.98. The second-order valence-electron chi connectivity index (χ2n) is 7.96. The van der Waals surface area contributed by atoms with Crippen molar-refractivity contribution in [3.05, 3.63) is 12.2 Å². The van der Waals surface area contributed by atoms with Crippen LogP contribution in [0, 0.1) is 0 Å². The minimum Gasteiger partial charge on any atom is -0.481 e. The lowest BCUT2D eigenvalue weighted by Crippen LogP contribution is -2.29. The van der Waals surface area contributed by atoms with Crippen LogP contribution >= 0.6 is 0 Å². The molecule has 0 amide bonds. The predicted molar refractivity (Wildman–Crippen MR) is 126 cm³/mol. The van der Waals surface area contributed by atoms with Gasteiger partial charge in [0.15, 0.2) is 0 Å². The minimum atomic E-state index is -0.933. The fourth-order valence-corrected chi connectivity index (χ4v) is 2.98. The fraction of sp³-hybridized carbons (Fsp3) is 0.833. The van der Waals surface area contributed by atoms with Crippen molar-refractivity contribution in [1.82, 2.24) is 0 Å². The Morgan fingerprint density at radius 3 is 1.73 bits per heavy atom. The summed E-state index contributed by atoms with van der Waals surface area (Å²) in [5.41, 5.74) is 10.4. The van der Waals surface area contributed by atoms with E-state index >= 15 is 0 Å². The number of carbonyl (C=O) groups is 2. The third-order valence-electron chi connectivity index (χ3n) is 4.94. The molecule has 0 aliphatic heterocycles. The summed E-state index contributed by atoms with van der Waals surface area (Å²) in [4.78, 5) is 20.5. The van der Waals surface area contributed by atoms with E-state index in [1.807, 2.05) is 0 Å². The molecule has 1 atom stereocenters. The molecule has 0 aromatic rings. The molecule has 0 rings (SSSR count). The van der Waals surface area contributed by atoms with Crippen molar-refractivity contribution in [3.8, 4) is 0 Å². The first kappa shape index (κ1) is 30.8. The number of carboxylic acid groups (broad SMARTS) is 2. The molecule has 0 aromatic heterocycles. The summed E-state index contributed by atoms with van der Waals surface area (Å²) in [7, 11) is 0. The van der Waals surface area contributed by atoms with Gasteiger partial charge < -0.3 is 21.7 Å². The van der Waals surface area contributed by atoms with Crippen LogP contribution in [0.1, 0.15) is 116 Å². The topological polar surface area (TPSA) is 127 Å². The molecule has 0 aliphatic rings. The smallest absolute Gasteiger partial charge is 0.320 e. The van der Waals surface area contributed by atoms with Gasteiger partial charge in [0, 0.05) is 6.42 Å². The van der Waals surface area contributed by atoms with Gasteiger partial charge in [-0.1, -0.05) is 76.9 Å². The number of nitrogens with two attached hydrogens (primary N) is 2. The molecule has 0 saturated carbocycles. The maximum atomic E-state index is 10.3. The lowest BCUT2D eigenvalue weighted by atomic mass is 10.1. The van der Waals surface area contributed by atoms with Crippen molar-refractivity contribution in [2.45, 2.75) is 122 Å². The molecule has 0 spiro atoms. The van der Waals surface area contributed by atoms with Crippen LogP contribution in [0.2, 0.25) is 0 Å². The standard InChI is InChI=1S/C18H34O2.C6H14N2O2/c1-2-3-4-5-6-7-8-9-10-11-12-13-14-15-16-17-18(19)20;7-4-2-1-3-5(8)6(9)10/h9-10H,2-8,11-17H2,1H3,(H,19,20);5H,1-4,7-8H2,(H,9,10)/b10-9-;/t;5-/m.0/s1. The van der Waals surface area contributed by atoms with Gasteiger partial charge in [-0.2, -0.15) is 0 Å². The molecular weight excluding hydrogens is 380 g/mol. The molecule has 6 N–H and O–H groups in total. The Morgan fingerprint density at radius 2 is 1.27 bits per heavy atom. The summed E-state index contributed by atoms with van der Waals surface area (Å²) in [5.74, 6) is -1.60. The zero-order chi connectivity index (χ0) is 22.9. The Morgan fingerprint density at radius 1 is 0.767 bits per heavy atom. The number of unbranched alkanes of at least 4 members (excludes halogenated alkanes) is 12. The van der Waals surface area contributed by atoms with Crippen LogP contribution in [0.15, 0.2) is 12.2 Å². The summed E-state index contributed by atoms with van der Waals surface area (Å²) < 4.78 is 0. The van der Waals surface area contributed by atoms with Crippen LogP contribution in [-0.4, -0.2) is 34.7 Å². The van der Waals surface area contributed by atoms with Crippen LogP contribution in [0.4, 0.5) is 0 Å². The highest BCUT2D eigenvalue weighted by atomic mass is 16.4. The van der Waals surface area contributed by atoms with Gasteiger partial charge in [0.1, 0.15) is 6.04 Å². The van der Waals surface area contributed by atoms with Crippen LogP contribution in [0.25, 0.3) is 0 Å². The van der Waals surface area contributed by atoms with Gasteiger partial charge in [-0.15, -0.1) is 0 Å². The summed E-state index contributed by atoms with van der Waals surface area (Å²) in [6, 6.07) is -0.716. The van der Waals surface area contributed by atoms with E-state index in [1.165, 1.54) is 70.6 Å². The van der Waals surface area contributed by atoms with E-state index in [-0.39, 0.29) is 0 Å². The van der Waals surface area contributed by atoms with E-state index in [9.17, 15) is 9.59 Å². The monoisotopic (exact) mass is 428 g/mol. The molecule has 0 radical (unpaired) electrons. The molecule has 6 heteroatoms. The van der Waals surface area contributed by atoms with Crippen LogP contribution in [0.5, 0.6) is 0 Å². The Labute approximate surface area is 184 Å². The van der Waals surface area contributed by atoms with E-state index in [0.29, 0.717) is 19.4 Å². The van der Waals surface area contributed by atoms with Crippen LogP contribution < -0.4 is 11.5 Å². The maximum Gasteiger partial charge on any atom is 0.320 e. The van der Waals surface area contributed by atoms with E-state index in [0.717, 1.165) is 25.7 Å². The molecule has 6 nitrogen and oxygen atoms in total. The average Bonchev–Trinajstić information content (AvgIpc) is 2.71. The lowest BCUT2D eigenvalue weighted by molar-refractivity contribution is -0.139. The molecule has 0 aromatic carbocycles. The van der Waals surface area contributed by atoms with Crippen molar-refractivity contribution in [1.29, 1.82) is 0 Å². The lowest BCUT2D eigenvalue weighted by Gasteiger charge is -2.03. The van der Waals surface area contributed by atoms with E-state index in [1.54, 1.807) is 0 Å². The number of hydrogen-bond acceptors (Lipinski definition) is 4. The van der Waals surface area contributed by atoms with Gasteiger partial charge in [0.25, 0.3) is 0 Å². The Bertz CT molecular complexity index is 414. The van der Waals surface area contributed by atoms with Gasteiger partial charge in [0.05, 0.1) is 0 Å². The maximum absolute atomic E-state index is 10.3. The van der Waals surface area contributed by atoms with Crippen LogP contribution in [-0.2, 0) is 9.59 Å². The molecule has 178 valence electrons. The molecule has 0 bridgehead atoms. The third kappa shape index (κ3) is 28.8. The number of carboxylic acids is 2. The predicted octanol–water partition coefficient (Wildman–Crippen LogP) is 5.64. The van der Waals surface area contributed by atoms with Crippen molar-refractivity contribution < 1.29 is 19.8 Å². The summed E-state index contributed by atoms with van der Waals surface area (Å²) in [6.07, 6.45) is 23.4. The normalized spacial score (nSPS) is 11.8. The van der Waals surface area contributed by atoms with Gasteiger partial charge in [-0.25, -0.2) is 0 Å². The van der Waals surface area contributed by atoms with E-state index < -0.39 is 18.0 Å². The molecule has 0 unspecified atom stereocenters. The van der Waals surface area contributed by atoms with Gasteiger partial charge in [0.2, 0.25) is 0 Å². The number of rotatable bonds is 20. The average molecular weight is 429 g/mol. The first-order valence-corrected chi connectivity index (χ1v) is 12.0. The van der Waals surface area contributed by atoms with Gasteiger partial charge in [-0.05, 0) is 51.5 Å². The second-order valence-corrected chi connectivity index (χ2v) is 7.96. The quantitative estimate of drug-likeness (QED) is 0.147. The third-order valence-corrected chi connectivity index (χ3v) is 4.94. The van der Waals surface area contributed by atoms with E-state index in [2.05, 4.69) is 19.1 Å². The Kier molecular flexibility index (Phi) is 26.3. The van der Waals surface area contributed by atoms with Gasteiger partial charge in [-0.3, -0.25) is 9.59 Å². The highest BCUT2D eigenvalue weighted by Gasteiger charge is 2.09. The Hall–Kier alpha value is -1.40. The largest absolute Gasteiger partial charge is 0.481 e. The van der Waals surface area contributed by atoms with Crippen molar-refractivity contribution >= 4 is 11.9 Å². The molecule has 0 saturated heterocycles. The number of allylic oxidation sites excluding steroid dienone is 2. The van der Waals surface area contributed by atoms with Crippen LogP contribution in [0.3, 0.4) is 0 Å². The van der Waals surface area contributed by atoms with Crippen molar-refractivity contribution in [3.63, 3.8) is 0 Å². The highest BCUT2D eigenvalue weighted by molar-refractivity contribution is 5.72. The zero-order valence-electron chi connectivity index (χ0n) is 19.3. The number of hydrogen-bond donors (Lipinski definition) is 4. The summed E-state index contributed by atoms with van der Waals surface area (Å²) in [5, 5.41) is 16.8. The highest BCUT2D eigenvalue weighted by Crippen LogP contribution is 2.09. The van der Waals surface area contributed by atoms with E-state index in [4.69, 9.17) is 21.7 Å². The minimum absolute atomic E-state index is 0.332. The molecule has 0 aliphatic carbocycles. The second kappa shape index (κ2) is 25.6. The molecule has 0 heterocycles. The van der Waals surface area contributed by atoms with Crippen molar-refractivity contribution in [2.75, 3.05) is 6.54 Å². The Balaban J connectivity index is 0. The summed E-state index contributed by atoms with van der Waals surface area (Å²) in [6.45, 7) is 2.86. The first-order chi connectivity index (χ1) is 14.5. The number of aliphatic carboxylic acids is 2. The molecular formula is C24H48N2O4. The SMILES string of the molecule is CCCCCCCC/C=C\CCCCCCCC(=O)O.NCCCC[C@H](N)C(=O)O. The molecule has 30 heavy (non-hydrogen) atoms. The summed E-state index contributed by atoms with van der Waals surface area (Å²) >= 11 is 0. The van der Waals surface area contributed by atoms with Crippen molar-refractivity contribution in [2.24, 2.45) is 11.5 Å². The van der Waals surface area contributed by atoms with Gasteiger partial charge >= 0.3 is 11.9 Å². The molecule has 0 fully saturated rings. The first-order valence-electron chi connectivity index (χ1n) is 12.0. The zero-order valence-corrected chi connectivity index (χ0v) is 19.3.